The third kappa shape index (κ3) is 3.84. The molecule has 3 nitrogen and oxygen atoms in total. The number of amides is 1. The minimum atomic E-state index is -0.0638. The third-order valence-electron chi connectivity index (χ3n) is 5.42. The maximum atomic E-state index is 12.9. The van der Waals surface area contributed by atoms with E-state index < -0.39 is 0 Å². The Hall–Kier alpha value is -3.27. The summed E-state index contributed by atoms with van der Waals surface area (Å²) in [6.45, 7) is 4.78. The largest absolute Gasteiger partial charge is 0.358 e. The van der Waals surface area contributed by atoms with Crippen molar-refractivity contribution in [1.82, 2.24) is 10.3 Å². The molecular formula is C25H23BN2O. The van der Waals surface area contributed by atoms with Gasteiger partial charge in [-0.3, -0.25) is 4.79 Å². The van der Waals surface area contributed by atoms with E-state index in [9.17, 15) is 4.79 Å². The van der Waals surface area contributed by atoms with E-state index in [-0.39, 0.29) is 5.91 Å². The predicted octanol–water partition coefficient (Wildman–Crippen LogP) is 4.22. The van der Waals surface area contributed by atoms with Crippen molar-refractivity contribution in [2.45, 2.75) is 20.3 Å². The second kappa shape index (κ2) is 8.00. The number of para-hydroxylation sites is 1. The van der Waals surface area contributed by atoms with Crippen molar-refractivity contribution in [3.05, 3.63) is 89.1 Å². The summed E-state index contributed by atoms with van der Waals surface area (Å²) in [7, 11) is 5.79. The fourth-order valence-electron chi connectivity index (χ4n) is 3.86. The number of aryl methyl sites for hydroxylation is 2. The summed E-state index contributed by atoms with van der Waals surface area (Å²) in [6.07, 6.45) is 0.783. The van der Waals surface area contributed by atoms with Crippen molar-refractivity contribution >= 4 is 30.1 Å². The highest BCUT2D eigenvalue weighted by Gasteiger charge is 2.13. The van der Waals surface area contributed by atoms with Gasteiger partial charge in [0.25, 0.3) is 5.91 Å². The summed E-state index contributed by atoms with van der Waals surface area (Å²) in [5.41, 5.74) is 8.10. The van der Waals surface area contributed by atoms with E-state index in [1.165, 1.54) is 22.0 Å². The molecule has 1 aromatic heterocycles. The normalized spacial score (nSPS) is 11.0. The molecule has 0 aliphatic rings. The Balaban J connectivity index is 1.51. The van der Waals surface area contributed by atoms with Gasteiger partial charge in [-0.05, 0) is 48.6 Å². The van der Waals surface area contributed by atoms with Crippen LogP contribution in [-0.2, 0) is 6.42 Å². The number of fused-ring (bicyclic) bond motifs is 1. The van der Waals surface area contributed by atoms with Crippen LogP contribution in [0.5, 0.6) is 0 Å². The molecule has 3 aromatic carbocycles. The molecule has 142 valence electrons. The van der Waals surface area contributed by atoms with Gasteiger partial charge in [0.1, 0.15) is 7.85 Å². The molecule has 29 heavy (non-hydrogen) atoms. The molecule has 0 atom stereocenters. The van der Waals surface area contributed by atoms with Gasteiger partial charge in [0.15, 0.2) is 0 Å². The van der Waals surface area contributed by atoms with Crippen molar-refractivity contribution in [2.24, 2.45) is 0 Å². The fourth-order valence-corrected chi connectivity index (χ4v) is 3.86. The van der Waals surface area contributed by atoms with Crippen LogP contribution in [0.25, 0.3) is 22.0 Å². The number of nitrogens with one attached hydrogen (secondary N) is 2. The second-order valence-electron chi connectivity index (χ2n) is 7.40. The Bertz CT molecular complexity index is 1180. The molecule has 1 amide bonds. The number of H-pyrrole nitrogens is 1. The minimum absolute atomic E-state index is 0.0638. The molecule has 0 saturated heterocycles. The molecule has 2 radical (unpaired) electrons. The summed E-state index contributed by atoms with van der Waals surface area (Å²) >= 11 is 0. The van der Waals surface area contributed by atoms with Crippen LogP contribution in [0.1, 0.15) is 27.2 Å². The van der Waals surface area contributed by atoms with Crippen LogP contribution in [0.3, 0.4) is 0 Å². The van der Waals surface area contributed by atoms with Gasteiger partial charge >= 0.3 is 0 Å². The topological polar surface area (TPSA) is 44.9 Å². The molecule has 1 heterocycles. The summed E-state index contributed by atoms with van der Waals surface area (Å²) in [5, 5.41) is 4.32. The standard InChI is InChI=1S/C25H23BN2O/c1-16-6-5-9-22-20(17(2)28-24(16)22)14-15-27-25(29)23-8-4-3-7-21(23)18-10-12-19(26)13-11-18/h3-13,28H,14-15H2,1-2H3,(H,27,29). The number of carbonyl (C=O) groups excluding carboxylic acids is 1. The minimum Gasteiger partial charge on any atom is -0.358 e. The molecule has 0 aliphatic carbocycles. The molecule has 4 heteroatoms. The van der Waals surface area contributed by atoms with E-state index in [0.717, 1.165) is 23.2 Å². The molecule has 0 saturated carbocycles. The van der Waals surface area contributed by atoms with Crippen molar-refractivity contribution in [3.63, 3.8) is 0 Å². The van der Waals surface area contributed by atoms with Gasteiger partial charge in [-0.25, -0.2) is 0 Å². The highest BCUT2D eigenvalue weighted by molar-refractivity contribution is 6.32. The summed E-state index contributed by atoms with van der Waals surface area (Å²) in [6, 6.07) is 21.6. The first-order chi connectivity index (χ1) is 14.0. The van der Waals surface area contributed by atoms with Crippen LogP contribution in [0.15, 0.2) is 66.7 Å². The number of hydrogen-bond acceptors (Lipinski definition) is 1. The quantitative estimate of drug-likeness (QED) is 0.502. The van der Waals surface area contributed by atoms with Crippen molar-refractivity contribution in [1.29, 1.82) is 0 Å². The van der Waals surface area contributed by atoms with Gasteiger partial charge in [-0.15, -0.1) is 0 Å². The van der Waals surface area contributed by atoms with E-state index in [0.29, 0.717) is 17.6 Å². The predicted molar refractivity (Wildman–Crippen MR) is 121 cm³/mol. The molecule has 0 aliphatic heterocycles. The molecule has 4 rings (SSSR count). The Morgan fingerprint density at radius 1 is 0.966 bits per heavy atom. The Morgan fingerprint density at radius 3 is 2.52 bits per heavy atom. The zero-order valence-corrected chi connectivity index (χ0v) is 16.8. The number of benzene rings is 3. The van der Waals surface area contributed by atoms with E-state index >= 15 is 0 Å². The zero-order chi connectivity index (χ0) is 20.4. The Kier molecular flexibility index (Phi) is 5.26. The molecular weight excluding hydrogens is 355 g/mol. The molecule has 0 fully saturated rings. The van der Waals surface area contributed by atoms with E-state index in [1.807, 2.05) is 48.5 Å². The van der Waals surface area contributed by atoms with Crippen LogP contribution < -0.4 is 10.8 Å². The van der Waals surface area contributed by atoms with Gasteiger partial charge < -0.3 is 10.3 Å². The summed E-state index contributed by atoms with van der Waals surface area (Å²) in [5.74, 6) is -0.0638. The van der Waals surface area contributed by atoms with Crippen LogP contribution in [0.2, 0.25) is 0 Å². The smallest absolute Gasteiger partial charge is 0.251 e. The van der Waals surface area contributed by atoms with Crippen molar-refractivity contribution in [2.75, 3.05) is 6.54 Å². The Morgan fingerprint density at radius 2 is 1.72 bits per heavy atom. The zero-order valence-electron chi connectivity index (χ0n) is 16.8. The van der Waals surface area contributed by atoms with Crippen LogP contribution in [0.4, 0.5) is 0 Å². The second-order valence-corrected chi connectivity index (χ2v) is 7.40. The van der Waals surface area contributed by atoms with Crippen LogP contribution in [-0.4, -0.2) is 25.3 Å². The summed E-state index contributed by atoms with van der Waals surface area (Å²) in [4.78, 5) is 16.4. The van der Waals surface area contributed by atoms with Crippen molar-refractivity contribution in [3.8, 4) is 11.1 Å². The van der Waals surface area contributed by atoms with Crippen LogP contribution in [0, 0.1) is 13.8 Å². The number of aromatic amines is 1. The maximum Gasteiger partial charge on any atom is 0.251 e. The lowest BCUT2D eigenvalue weighted by molar-refractivity contribution is 0.0955. The SMILES string of the molecule is [B]c1ccc(-c2ccccc2C(=O)NCCc2c(C)[nH]c3c(C)cccc23)cc1. The van der Waals surface area contributed by atoms with E-state index in [1.54, 1.807) is 0 Å². The molecule has 2 N–H and O–H groups in total. The van der Waals surface area contributed by atoms with Gasteiger partial charge in [-0.1, -0.05) is 66.1 Å². The van der Waals surface area contributed by atoms with E-state index in [2.05, 4.69) is 42.3 Å². The molecule has 0 spiro atoms. The Labute approximate surface area is 172 Å². The van der Waals surface area contributed by atoms with Gasteiger partial charge in [0.2, 0.25) is 0 Å². The first-order valence-electron chi connectivity index (χ1n) is 9.84. The summed E-state index contributed by atoms with van der Waals surface area (Å²) < 4.78 is 0. The average molecular weight is 378 g/mol. The molecule has 4 aromatic rings. The lowest BCUT2D eigenvalue weighted by Crippen LogP contribution is -2.26. The lowest BCUT2D eigenvalue weighted by atomic mass is 9.92. The van der Waals surface area contributed by atoms with Gasteiger partial charge in [0.05, 0.1) is 0 Å². The average Bonchev–Trinajstić information content (AvgIpc) is 3.05. The third-order valence-corrected chi connectivity index (χ3v) is 5.42. The highest BCUT2D eigenvalue weighted by Crippen LogP contribution is 2.25. The monoisotopic (exact) mass is 378 g/mol. The number of hydrogen-bond donors (Lipinski definition) is 2. The number of aromatic nitrogens is 1. The van der Waals surface area contributed by atoms with Gasteiger partial charge in [0, 0.05) is 28.7 Å². The van der Waals surface area contributed by atoms with Crippen molar-refractivity contribution < 1.29 is 4.79 Å². The van der Waals surface area contributed by atoms with Gasteiger partial charge in [-0.2, -0.15) is 0 Å². The fraction of sp³-hybridized carbons (Fsp3) is 0.160. The number of rotatable bonds is 5. The molecule has 0 unspecified atom stereocenters. The maximum absolute atomic E-state index is 12.9. The molecule has 0 bridgehead atoms. The van der Waals surface area contributed by atoms with Crippen LogP contribution >= 0.6 is 0 Å². The number of carbonyl (C=O) groups is 1. The first kappa shape index (κ1) is 19.1. The first-order valence-corrected chi connectivity index (χ1v) is 9.84. The lowest BCUT2D eigenvalue weighted by Gasteiger charge is -2.11. The highest BCUT2D eigenvalue weighted by atomic mass is 16.1. The van der Waals surface area contributed by atoms with E-state index in [4.69, 9.17) is 7.85 Å².